The van der Waals surface area contributed by atoms with E-state index in [1.165, 1.54) is 11.3 Å². The Morgan fingerprint density at radius 1 is 1.08 bits per heavy atom. The van der Waals surface area contributed by atoms with Crippen molar-refractivity contribution in [1.29, 1.82) is 0 Å². The van der Waals surface area contributed by atoms with Crippen LogP contribution in [0.2, 0.25) is 0 Å². The zero-order chi connectivity index (χ0) is 27.2. The molecule has 1 aromatic carbocycles. The third kappa shape index (κ3) is 7.06. The first-order chi connectivity index (χ1) is 18.2. The molecule has 4 rings (SSSR count). The number of aryl methyl sites for hydroxylation is 1. The number of nitrogens with zero attached hydrogens (tertiary/aromatic N) is 2. The molecule has 0 aliphatic heterocycles. The first-order valence-corrected chi connectivity index (χ1v) is 14.8. The van der Waals surface area contributed by atoms with Gasteiger partial charge in [-0.1, -0.05) is 62.9 Å². The molecule has 2 aromatic heterocycles. The molecule has 0 radical (unpaired) electrons. The normalized spacial score (nSPS) is 16.2. The van der Waals surface area contributed by atoms with Gasteiger partial charge in [0.2, 0.25) is 5.89 Å². The first-order valence-electron chi connectivity index (χ1n) is 14.0. The van der Waals surface area contributed by atoms with Gasteiger partial charge in [-0.15, -0.1) is 11.3 Å². The average molecular weight is 539 g/mol. The summed E-state index contributed by atoms with van der Waals surface area (Å²) in [5.41, 5.74) is -1.03. The van der Waals surface area contributed by atoms with E-state index in [0.717, 1.165) is 49.0 Å². The Balaban J connectivity index is 1.52. The predicted molar refractivity (Wildman–Crippen MR) is 151 cm³/mol. The Kier molecular flexibility index (Phi) is 9.32. The summed E-state index contributed by atoms with van der Waals surface area (Å²) in [6, 6.07) is 14.0. The molecule has 0 bridgehead atoms. The molecule has 1 N–H and O–H groups in total. The fourth-order valence-electron chi connectivity index (χ4n) is 5.23. The van der Waals surface area contributed by atoms with Gasteiger partial charge in [-0.3, -0.25) is 0 Å². The minimum absolute atomic E-state index is 0.0551. The standard InChI is InChI=1S/C31H42N2O4S/c1-5-12-26-17-18-27(38-26)22-33(29(34)37-30(2,3)4)20-19-25-21-32-28(36-25)31(35,23-13-8-6-9-14-23)24-15-10-7-11-16-24/h6,8-9,13-14,17-18,21,24,35H,5,7,10-12,15-16,19-20,22H2,1-4H3. The van der Waals surface area contributed by atoms with Gasteiger partial charge in [-0.05, 0) is 57.7 Å². The van der Waals surface area contributed by atoms with Crippen LogP contribution in [0.15, 0.2) is 53.1 Å². The molecule has 1 aliphatic rings. The highest BCUT2D eigenvalue weighted by molar-refractivity contribution is 7.11. The summed E-state index contributed by atoms with van der Waals surface area (Å²) >= 11 is 1.75. The van der Waals surface area contributed by atoms with Crippen LogP contribution >= 0.6 is 11.3 Å². The summed E-state index contributed by atoms with van der Waals surface area (Å²) < 4.78 is 12.0. The number of benzene rings is 1. The third-order valence-electron chi connectivity index (χ3n) is 7.13. The van der Waals surface area contributed by atoms with E-state index < -0.39 is 11.2 Å². The molecule has 1 atom stereocenters. The highest BCUT2D eigenvalue weighted by atomic mass is 32.1. The smallest absolute Gasteiger partial charge is 0.410 e. The van der Waals surface area contributed by atoms with Crippen LogP contribution in [0.4, 0.5) is 4.79 Å². The van der Waals surface area contributed by atoms with Crippen LogP contribution in [-0.4, -0.2) is 33.2 Å². The zero-order valence-corrected chi connectivity index (χ0v) is 24.1. The van der Waals surface area contributed by atoms with Gasteiger partial charge in [0.25, 0.3) is 0 Å². The molecular weight excluding hydrogens is 496 g/mol. The topological polar surface area (TPSA) is 75.8 Å². The van der Waals surface area contributed by atoms with Crippen LogP contribution in [0.1, 0.15) is 93.2 Å². The number of hydrogen-bond donors (Lipinski definition) is 1. The second kappa shape index (κ2) is 12.5. The van der Waals surface area contributed by atoms with Crippen molar-refractivity contribution < 1.29 is 19.1 Å². The second-order valence-electron chi connectivity index (χ2n) is 11.4. The van der Waals surface area contributed by atoms with Crippen molar-refractivity contribution in [2.24, 2.45) is 5.92 Å². The SMILES string of the molecule is CCCc1ccc(CN(CCc2cnc(C(O)(c3ccccc3)C3CCCCC3)o2)C(=O)OC(C)(C)C)s1. The van der Waals surface area contributed by atoms with Crippen LogP contribution in [0.25, 0.3) is 0 Å². The van der Waals surface area contributed by atoms with Gasteiger partial charge in [-0.2, -0.15) is 0 Å². The number of aromatic nitrogens is 1. The van der Waals surface area contributed by atoms with E-state index in [4.69, 9.17) is 9.15 Å². The Morgan fingerprint density at radius 2 is 1.79 bits per heavy atom. The minimum Gasteiger partial charge on any atom is -0.444 e. The predicted octanol–water partition coefficient (Wildman–Crippen LogP) is 7.48. The van der Waals surface area contributed by atoms with E-state index in [0.29, 0.717) is 31.2 Å². The Labute approximate surface area is 231 Å². The number of rotatable bonds is 10. The first kappa shape index (κ1) is 28.4. The van der Waals surface area contributed by atoms with Gasteiger partial charge in [0, 0.05) is 28.6 Å². The average Bonchev–Trinajstić information content (AvgIpc) is 3.56. The lowest BCUT2D eigenvalue weighted by Gasteiger charge is -2.36. The molecule has 1 amide bonds. The van der Waals surface area contributed by atoms with Gasteiger partial charge in [0.05, 0.1) is 12.7 Å². The number of ether oxygens (including phenoxy) is 1. The largest absolute Gasteiger partial charge is 0.444 e. The zero-order valence-electron chi connectivity index (χ0n) is 23.2. The van der Waals surface area contributed by atoms with Gasteiger partial charge in [-0.25, -0.2) is 9.78 Å². The molecule has 1 aliphatic carbocycles. The van der Waals surface area contributed by atoms with Gasteiger partial charge >= 0.3 is 6.09 Å². The fourth-order valence-corrected chi connectivity index (χ4v) is 6.36. The van der Waals surface area contributed by atoms with E-state index in [2.05, 4.69) is 24.0 Å². The maximum atomic E-state index is 13.1. The van der Waals surface area contributed by atoms with Gasteiger partial charge in [0.1, 0.15) is 11.4 Å². The monoisotopic (exact) mass is 538 g/mol. The van der Waals surface area contributed by atoms with E-state index in [1.54, 1.807) is 22.4 Å². The molecule has 7 heteroatoms. The van der Waals surface area contributed by atoms with Gasteiger partial charge < -0.3 is 19.2 Å². The lowest BCUT2D eigenvalue weighted by atomic mass is 9.73. The molecule has 0 saturated heterocycles. The molecule has 3 aromatic rings. The van der Waals surface area contributed by atoms with Crippen molar-refractivity contribution in [3.63, 3.8) is 0 Å². The van der Waals surface area contributed by atoms with Crippen molar-refractivity contribution in [2.75, 3.05) is 6.54 Å². The van der Waals surface area contributed by atoms with Crippen LogP contribution < -0.4 is 0 Å². The maximum Gasteiger partial charge on any atom is 0.410 e. The lowest BCUT2D eigenvalue weighted by molar-refractivity contribution is -0.0240. The lowest BCUT2D eigenvalue weighted by Crippen LogP contribution is -2.38. The van der Waals surface area contributed by atoms with Crippen molar-refractivity contribution in [1.82, 2.24) is 9.88 Å². The fraction of sp³-hybridized carbons (Fsp3) is 0.548. The quantitative estimate of drug-likeness (QED) is 0.289. The molecule has 1 unspecified atom stereocenters. The number of carbonyl (C=O) groups excluding carboxylic acids is 1. The molecular formula is C31H42N2O4S. The Bertz CT molecular complexity index is 1160. The maximum absolute atomic E-state index is 13.1. The number of hydrogen-bond acceptors (Lipinski definition) is 6. The van der Waals surface area contributed by atoms with Crippen LogP contribution in [0.3, 0.4) is 0 Å². The summed E-state index contributed by atoms with van der Waals surface area (Å²) in [6.45, 7) is 8.73. The number of carbonyl (C=O) groups is 1. The molecule has 2 heterocycles. The summed E-state index contributed by atoms with van der Waals surface area (Å²) in [7, 11) is 0. The van der Waals surface area contributed by atoms with Crippen LogP contribution in [0, 0.1) is 5.92 Å². The highest BCUT2D eigenvalue weighted by Crippen LogP contribution is 2.43. The van der Waals surface area contributed by atoms with Crippen molar-refractivity contribution >= 4 is 17.4 Å². The van der Waals surface area contributed by atoms with Crippen molar-refractivity contribution in [3.05, 3.63) is 75.6 Å². The van der Waals surface area contributed by atoms with Gasteiger partial charge in [0.15, 0.2) is 5.60 Å². The number of amides is 1. The molecule has 0 spiro atoms. The van der Waals surface area contributed by atoms with E-state index in [1.807, 2.05) is 51.1 Å². The molecule has 1 saturated carbocycles. The molecule has 206 valence electrons. The minimum atomic E-state index is -1.27. The van der Waals surface area contributed by atoms with E-state index in [9.17, 15) is 9.90 Å². The number of aliphatic hydroxyl groups is 1. The van der Waals surface area contributed by atoms with Crippen molar-refractivity contribution in [2.45, 2.75) is 96.8 Å². The highest BCUT2D eigenvalue weighted by Gasteiger charge is 2.44. The van der Waals surface area contributed by atoms with Crippen LogP contribution in [0.5, 0.6) is 0 Å². The van der Waals surface area contributed by atoms with Crippen LogP contribution in [-0.2, 0) is 29.7 Å². The third-order valence-corrected chi connectivity index (χ3v) is 8.26. The molecule has 6 nitrogen and oxygen atoms in total. The summed E-state index contributed by atoms with van der Waals surface area (Å²) in [5, 5.41) is 12.1. The molecule has 38 heavy (non-hydrogen) atoms. The van der Waals surface area contributed by atoms with Crippen molar-refractivity contribution in [3.8, 4) is 0 Å². The second-order valence-corrected chi connectivity index (χ2v) is 12.6. The number of oxazole rings is 1. The summed E-state index contributed by atoms with van der Waals surface area (Å²) in [4.78, 5) is 21.9. The number of thiophene rings is 1. The summed E-state index contributed by atoms with van der Waals surface area (Å²) in [6.07, 6.45) is 9.25. The molecule has 1 fully saturated rings. The van der Waals surface area contributed by atoms with E-state index in [-0.39, 0.29) is 12.0 Å². The Morgan fingerprint density at radius 3 is 2.47 bits per heavy atom. The summed E-state index contributed by atoms with van der Waals surface area (Å²) in [5.74, 6) is 1.05. The Hall–Kier alpha value is -2.64. The van der Waals surface area contributed by atoms with E-state index >= 15 is 0 Å².